The van der Waals surface area contributed by atoms with E-state index in [0.29, 0.717) is 22.9 Å². The van der Waals surface area contributed by atoms with Gasteiger partial charge in [-0.3, -0.25) is 4.79 Å². The number of amides is 1. The molecule has 0 saturated carbocycles. The van der Waals surface area contributed by atoms with Gasteiger partial charge < -0.3 is 15.0 Å². The number of alkyl halides is 3. The summed E-state index contributed by atoms with van der Waals surface area (Å²) in [6, 6.07) is 7.85. The van der Waals surface area contributed by atoms with E-state index in [4.69, 9.17) is 0 Å². The van der Waals surface area contributed by atoms with Crippen LogP contribution in [0.15, 0.2) is 42.6 Å². The summed E-state index contributed by atoms with van der Waals surface area (Å²) in [5.41, 5.74) is -0.0381. The summed E-state index contributed by atoms with van der Waals surface area (Å²) in [5.74, 6) is -1.90. The molecule has 1 aromatic heterocycles. The number of rotatable bonds is 5. The van der Waals surface area contributed by atoms with E-state index in [9.17, 15) is 27.5 Å². The van der Waals surface area contributed by atoms with Gasteiger partial charge in [-0.1, -0.05) is 27.1 Å². The summed E-state index contributed by atoms with van der Waals surface area (Å²) in [5, 5.41) is 14.4. The number of halogens is 4. The van der Waals surface area contributed by atoms with E-state index < -0.39 is 23.5 Å². The Balaban J connectivity index is 1.93. The number of aliphatic hydroxyl groups excluding tert-OH is 1. The average molecular weight is 452 g/mol. The van der Waals surface area contributed by atoms with Gasteiger partial charge in [-0.05, 0) is 43.2 Å². The van der Waals surface area contributed by atoms with E-state index in [1.54, 1.807) is 19.2 Å². The highest BCUT2D eigenvalue weighted by Crippen LogP contribution is 2.32. The minimum Gasteiger partial charge on any atom is -0.394 e. The first-order chi connectivity index (χ1) is 14.5. The molecule has 0 spiro atoms. The molecule has 0 saturated heterocycles. The smallest absolute Gasteiger partial charge is 0.394 e. The van der Waals surface area contributed by atoms with E-state index >= 15 is 0 Å². The van der Waals surface area contributed by atoms with Crippen LogP contribution in [0.4, 0.5) is 23.2 Å². The van der Waals surface area contributed by atoms with Crippen molar-refractivity contribution in [1.29, 1.82) is 0 Å². The van der Waals surface area contributed by atoms with Gasteiger partial charge in [0.05, 0.1) is 35.4 Å². The van der Waals surface area contributed by atoms with Crippen LogP contribution in [0.25, 0.3) is 10.8 Å². The topological polar surface area (TPSA) is 54.3 Å². The Bertz CT molecular complexity index is 1200. The molecule has 0 unspecified atom stereocenters. The Kier molecular flexibility index (Phi) is 6.53. The van der Waals surface area contributed by atoms with E-state index in [1.165, 1.54) is 0 Å². The van der Waals surface area contributed by atoms with Gasteiger partial charge in [0.25, 0.3) is 0 Å². The van der Waals surface area contributed by atoms with Crippen LogP contribution >= 0.6 is 8.86 Å². The Morgan fingerprint density at radius 2 is 1.90 bits per heavy atom. The predicted molar refractivity (Wildman–Crippen MR) is 114 cm³/mol. The van der Waals surface area contributed by atoms with Crippen molar-refractivity contribution >= 4 is 31.2 Å². The summed E-state index contributed by atoms with van der Waals surface area (Å²) in [7, 11) is 3.59. The largest absolute Gasteiger partial charge is 0.419 e. The number of benzene rings is 2. The number of aromatic nitrogens is 1. The number of hydrogen-bond acceptors (Lipinski definition) is 2. The van der Waals surface area contributed by atoms with E-state index in [2.05, 4.69) is 14.2 Å². The Hall–Kier alpha value is -2.70. The molecule has 4 nitrogen and oxygen atoms in total. The fourth-order valence-electron chi connectivity index (χ4n) is 3.37. The zero-order chi connectivity index (χ0) is 22.9. The molecule has 3 rings (SSSR count). The molecule has 1 amide bonds. The maximum atomic E-state index is 13.5. The lowest BCUT2D eigenvalue weighted by Crippen LogP contribution is -2.17. The zero-order valence-electron chi connectivity index (χ0n) is 16.8. The highest BCUT2D eigenvalue weighted by atomic mass is 31.0. The van der Waals surface area contributed by atoms with Crippen LogP contribution in [0.2, 0.25) is 0 Å². The quantitative estimate of drug-likeness (QED) is 0.396. The number of anilines is 1. The third kappa shape index (κ3) is 4.81. The van der Waals surface area contributed by atoms with Crippen LogP contribution in [-0.4, -0.2) is 22.2 Å². The number of nitrogens with zero attached hydrogens (tertiary/aromatic N) is 1. The van der Waals surface area contributed by atoms with Crippen molar-refractivity contribution in [2.24, 2.45) is 0 Å². The van der Waals surface area contributed by atoms with Crippen LogP contribution in [0, 0.1) is 17.8 Å². The third-order valence-electron chi connectivity index (χ3n) is 5.07. The van der Waals surface area contributed by atoms with Crippen molar-refractivity contribution in [3.8, 4) is 0 Å². The third-order valence-corrected chi connectivity index (χ3v) is 5.60. The second-order valence-electron chi connectivity index (χ2n) is 7.36. The first-order valence-corrected chi connectivity index (χ1v) is 9.98. The highest BCUT2D eigenvalue weighted by Gasteiger charge is 2.34. The van der Waals surface area contributed by atoms with Crippen molar-refractivity contribution in [2.45, 2.75) is 32.5 Å². The molecule has 0 aliphatic rings. The van der Waals surface area contributed by atoms with Crippen LogP contribution in [0.3, 0.4) is 0 Å². The molecule has 0 fully saturated rings. The molecule has 31 heavy (non-hydrogen) atoms. The lowest BCUT2D eigenvalue weighted by molar-refractivity contribution is -0.140. The van der Waals surface area contributed by atoms with E-state index in [-0.39, 0.29) is 24.6 Å². The maximum Gasteiger partial charge on any atom is 0.419 e. The van der Waals surface area contributed by atoms with E-state index in [0.717, 1.165) is 22.4 Å². The first kappa shape index (κ1) is 23.0. The van der Waals surface area contributed by atoms with Crippen LogP contribution in [0.1, 0.15) is 29.7 Å². The number of carbonyl (C=O) groups is 1. The van der Waals surface area contributed by atoms with Gasteiger partial charge in [0.15, 0.2) is 0 Å². The van der Waals surface area contributed by atoms with Gasteiger partial charge in [-0.2, -0.15) is 13.2 Å². The monoisotopic (exact) mass is 452 g/mol. The van der Waals surface area contributed by atoms with Gasteiger partial charge >= 0.3 is 6.18 Å². The van der Waals surface area contributed by atoms with Gasteiger partial charge in [0.2, 0.25) is 5.91 Å². The molecule has 0 aliphatic heterocycles. The number of aryl methyl sites for hydroxylation is 1. The Labute approximate surface area is 178 Å². The van der Waals surface area contributed by atoms with Crippen LogP contribution in [0.5, 0.6) is 0 Å². The molecule has 1 heterocycles. The number of pyridine rings is 1. The van der Waals surface area contributed by atoms with Crippen molar-refractivity contribution in [3.63, 3.8) is 0 Å². The molecule has 0 aliphatic carbocycles. The molecule has 0 radical (unpaired) electrons. The normalized spacial score (nSPS) is 12.7. The van der Waals surface area contributed by atoms with Crippen molar-refractivity contribution in [2.75, 3.05) is 11.9 Å². The molecule has 2 N–H and O–H groups in total. The summed E-state index contributed by atoms with van der Waals surface area (Å²) in [4.78, 5) is 12.6. The van der Waals surface area contributed by atoms with Crippen molar-refractivity contribution in [3.05, 3.63) is 70.2 Å². The van der Waals surface area contributed by atoms with Gasteiger partial charge in [0.1, 0.15) is 5.82 Å². The van der Waals surface area contributed by atoms with Crippen LogP contribution < -0.4 is 5.32 Å². The van der Waals surface area contributed by atoms with Crippen molar-refractivity contribution < 1.29 is 27.5 Å². The Morgan fingerprint density at radius 1 is 1.19 bits per heavy atom. The molecule has 3 aromatic rings. The number of aliphatic hydroxyl groups is 1. The minimum absolute atomic E-state index is 0.0549. The van der Waals surface area contributed by atoms with Gasteiger partial charge in [-0.25, -0.2) is 4.39 Å². The van der Waals surface area contributed by atoms with E-state index in [1.807, 2.05) is 23.6 Å². The average Bonchev–Trinajstić information content (AvgIpc) is 2.70. The lowest BCUT2D eigenvalue weighted by atomic mass is 10.0. The predicted octanol–water partition coefficient (Wildman–Crippen LogP) is 5.52. The second-order valence-corrected chi connectivity index (χ2v) is 7.83. The minimum atomic E-state index is -4.84. The lowest BCUT2D eigenvalue weighted by Gasteiger charge is -2.18. The van der Waals surface area contributed by atoms with Gasteiger partial charge in [-0.15, -0.1) is 0 Å². The molecule has 9 heteroatoms. The summed E-state index contributed by atoms with van der Waals surface area (Å²) in [6.07, 6.45) is -3.40. The number of fused-ring (bicyclic) bond motifs is 1. The standard InChI is InChI=1S/C22H21F4N2O2P/c1-12-3-5-16-15(7-8-28(21(16)31)13(2)11-29)20(12)27-19(30)10-14-4-6-18(23)17(9-14)22(24,25)26/h3-9,13,29,31H,10-11H2,1-2H3,(H,27,30)/t13-/m1/s1. The maximum absolute atomic E-state index is 13.5. The SMILES string of the molecule is Cc1ccc2c(=P)n([C@H](C)CO)ccc2c1NC(=O)Cc1ccc(F)c(C(F)(F)F)c1. The molecular formula is C22H21F4N2O2P. The molecule has 0 bridgehead atoms. The molecule has 1 atom stereocenters. The summed E-state index contributed by atoms with van der Waals surface area (Å²) < 4.78 is 54.1. The van der Waals surface area contributed by atoms with Gasteiger partial charge in [0, 0.05) is 17.0 Å². The Morgan fingerprint density at radius 3 is 2.55 bits per heavy atom. The number of carbonyl (C=O) groups excluding carboxylic acids is 1. The second kappa shape index (κ2) is 8.81. The molecule has 164 valence electrons. The summed E-state index contributed by atoms with van der Waals surface area (Å²) >= 11 is 0. The fourth-order valence-corrected chi connectivity index (χ4v) is 3.88. The fraction of sp³-hybridized carbons (Fsp3) is 0.273. The molecular weight excluding hydrogens is 431 g/mol. The highest BCUT2D eigenvalue weighted by molar-refractivity contribution is 7.07. The first-order valence-electron chi connectivity index (χ1n) is 9.48. The zero-order valence-corrected chi connectivity index (χ0v) is 17.8. The summed E-state index contributed by atoms with van der Waals surface area (Å²) in [6.45, 7) is 3.60. The number of hydrogen-bond donors (Lipinski definition) is 2. The van der Waals surface area contributed by atoms with Crippen molar-refractivity contribution in [1.82, 2.24) is 4.57 Å². The van der Waals surface area contributed by atoms with Crippen LogP contribution in [-0.2, 0) is 17.4 Å². The molecule has 2 aromatic carbocycles. The number of nitrogens with one attached hydrogen (secondary N) is 1.